The van der Waals surface area contributed by atoms with E-state index in [0.717, 1.165) is 25.7 Å². The van der Waals surface area contributed by atoms with Crippen LogP contribution in [0.2, 0.25) is 0 Å². The van der Waals surface area contributed by atoms with Crippen molar-refractivity contribution in [2.75, 3.05) is 0 Å². The third-order valence-corrected chi connectivity index (χ3v) is 3.16. The molecule has 12 heavy (non-hydrogen) atoms. The molecule has 0 spiro atoms. The molecule has 1 saturated carbocycles. The summed E-state index contributed by atoms with van der Waals surface area (Å²) >= 11 is 7.56. The monoisotopic (exact) mass is 204 g/mol. The highest BCUT2D eigenvalue weighted by Gasteiger charge is 2.26. The summed E-state index contributed by atoms with van der Waals surface area (Å²) in [5.41, 5.74) is 0. The molecule has 68 valence electrons. The van der Waals surface area contributed by atoms with E-state index in [1.54, 1.807) is 0 Å². The molecule has 1 aliphatic carbocycles. The molecule has 1 fully saturated rings. The van der Waals surface area contributed by atoms with Gasteiger partial charge in [-0.1, -0.05) is 0 Å². The van der Waals surface area contributed by atoms with Gasteiger partial charge in [0.15, 0.2) is 10.2 Å². The zero-order valence-corrected chi connectivity index (χ0v) is 8.48. The van der Waals surface area contributed by atoms with E-state index in [9.17, 15) is 9.59 Å². The van der Waals surface area contributed by atoms with Crippen LogP contribution in [0.3, 0.4) is 0 Å². The molecule has 0 radical (unpaired) electrons. The lowest BCUT2D eigenvalue weighted by molar-refractivity contribution is -0.119. The van der Waals surface area contributed by atoms with Gasteiger partial charge in [-0.05, 0) is 25.7 Å². The van der Waals surface area contributed by atoms with Gasteiger partial charge in [0.05, 0.1) is 0 Å². The fraction of sp³-hybridized carbons (Fsp3) is 0.750. The molecule has 1 aliphatic rings. The van der Waals surface area contributed by atoms with Crippen molar-refractivity contribution in [1.82, 2.24) is 0 Å². The normalized spacial score (nSPS) is 29.8. The van der Waals surface area contributed by atoms with Gasteiger partial charge in [0.25, 0.3) is 0 Å². The Labute approximate surface area is 82.9 Å². The fourth-order valence-corrected chi connectivity index (χ4v) is 2.10. The van der Waals surface area contributed by atoms with Gasteiger partial charge in [0.1, 0.15) is 0 Å². The average Bonchev–Trinajstić information content (AvgIpc) is 2.04. The second kappa shape index (κ2) is 4.33. The summed E-state index contributed by atoms with van der Waals surface area (Å²) < 4.78 is 0. The molecule has 0 aromatic carbocycles. The van der Waals surface area contributed by atoms with Crippen LogP contribution < -0.4 is 0 Å². The van der Waals surface area contributed by atoms with Crippen molar-refractivity contribution in [3.63, 3.8) is 0 Å². The molecular formula is C8H12O2S2. The van der Waals surface area contributed by atoms with Crippen LogP contribution in [0.15, 0.2) is 0 Å². The van der Waals surface area contributed by atoms with Crippen LogP contribution in [0, 0.1) is 11.8 Å². The Morgan fingerprint density at radius 1 is 0.833 bits per heavy atom. The second-order valence-electron chi connectivity index (χ2n) is 3.23. The van der Waals surface area contributed by atoms with Gasteiger partial charge in [-0.15, -0.1) is 25.3 Å². The van der Waals surface area contributed by atoms with Gasteiger partial charge >= 0.3 is 0 Å². The SMILES string of the molecule is O=C(S)C1CCC(C(=O)S)CC1. The first-order valence-electron chi connectivity index (χ1n) is 4.07. The lowest BCUT2D eigenvalue weighted by atomic mass is 9.83. The summed E-state index contributed by atoms with van der Waals surface area (Å²) in [6, 6.07) is 0. The molecule has 0 amide bonds. The topological polar surface area (TPSA) is 34.1 Å². The predicted molar refractivity (Wildman–Crippen MR) is 53.4 cm³/mol. The van der Waals surface area contributed by atoms with Gasteiger partial charge in [-0.3, -0.25) is 9.59 Å². The van der Waals surface area contributed by atoms with E-state index in [1.807, 2.05) is 0 Å². The Hall–Kier alpha value is 0.0400. The molecule has 0 saturated heterocycles. The maximum absolute atomic E-state index is 10.8. The van der Waals surface area contributed by atoms with Crippen molar-refractivity contribution < 1.29 is 9.59 Å². The Balaban J connectivity index is 2.39. The van der Waals surface area contributed by atoms with Crippen molar-refractivity contribution in [3.05, 3.63) is 0 Å². The molecule has 2 nitrogen and oxygen atoms in total. The number of hydrogen-bond acceptors (Lipinski definition) is 2. The van der Waals surface area contributed by atoms with Crippen LogP contribution in [0.1, 0.15) is 25.7 Å². The van der Waals surface area contributed by atoms with Crippen molar-refractivity contribution >= 4 is 35.5 Å². The smallest absolute Gasteiger partial charge is 0.188 e. The first-order chi connectivity index (χ1) is 5.61. The summed E-state index contributed by atoms with van der Waals surface area (Å²) in [5.74, 6) is 0.134. The first-order valence-corrected chi connectivity index (χ1v) is 4.96. The third-order valence-electron chi connectivity index (χ3n) is 2.43. The molecule has 0 atom stereocenters. The Bertz CT molecular complexity index is 173. The van der Waals surface area contributed by atoms with Crippen LogP contribution >= 0.6 is 25.3 Å². The molecule has 0 aromatic rings. The molecule has 0 aromatic heterocycles. The van der Waals surface area contributed by atoms with Crippen molar-refractivity contribution in [1.29, 1.82) is 0 Å². The summed E-state index contributed by atoms with van der Waals surface area (Å²) in [6.07, 6.45) is 3.16. The lowest BCUT2D eigenvalue weighted by Gasteiger charge is -2.23. The van der Waals surface area contributed by atoms with Gasteiger partial charge < -0.3 is 0 Å². The number of thiol groups is 2. The summed E-state index contributed by atoms with van der Waals surface area (Å²) in [6.45, 7) is 0. The molecule has 0 N–H and O–H groups in total. The summed E-state index contributed by atoms with van der Waals surface area (Å²) in [7, 11) is 0. The molecule has 0 unspecified atom stereocenters. The van der Waals surface area contributed by atoms with Crippen LogP contribution in [-0.4, -0.2) is 10.2 Å². The number of rotatable bonds is 2. The molecule has 1 rings (SSSR count). The Morgan fingerprint density at radius 2 is 1.08 bits per heavy atom. The quantitative estimate of drug-likeness (QED) is 0.671. The van der Waals surface area contributed by atoms with Crippen LogP contribution in [0.25, 0.3) is 0 Å². The Kier molecular flexibility index (Phi) is 3.65. The van der Waals surface area contributed by atoms with E-state index in [0.29, 0.717) is 0 Å². The highest BCUT2D eigenvalue weighted by molar-refractivity contribution is 7.96. The van der Waals surface area contributed by atoms with E-state index in [2.05, 4.69) is 25.3 Å². The highest BCUT2D eigenvalue weighted by atomic mass is 32.1. The van der Waals surface area contributed by atoms with Crippen molar-refractivity contribution in [3.8, 4) is 0 Å². The van der Waals surface area contributed by atoms with Gasteiger partial charge in [0, 0.05) is 11.8 Å². The average molecular weight is 204 g/mol. The molecule has 0 aliphatic heterocycles. The predicted octanol–water partition coefficient (Wildman–Crippen LogP) is 1.71. The minimum Gasteiger partial charge on any atom is -0.287 e. The van der Waals surface area contributed by atoms with E-state index in [4.69, 9.17) is 0 Å². The zero-order valence-electron chi connectivity index (χ0n) is 6.69. The van der Waals surface area contributed by atoms with Crippen molar-refractivity contribution in [2.45, 2.75) is 25.7 Å². The second-order valence-corrected chi connectivity index (χ2v) is 4.11. The fourth-order valence-electron chi connectivity index (χ4n) is 1.59. The molecule has 0 bridgehead atoms. The number of hydrogen-bond donors (Lipinski definition) is 2. The highest BCUT2D eigenvalue weighted by Crippen LogP contribution is 2.31. The maximum Gasteiger partial charge on any atom is 0.188 e. The summed E-state index contributed by atoms with van der Waals surface area (Å²) in [4.78, 5) is 21.7. The van der Waals surface area contributed by atoms with Gasteiger partial charge in [-0.25, -0.2) is 0 Å². The maximum atomic E-state index is 10.8. The Morgan fingerprint density at radius 3 is 1.25 bits per heavy atom. The van der Waals surface area contributed by atoms with E-state index in [-0.39, 0.29) is 22.1 Å². The van der Waals surface area contributed by atoms with Crippen LogP contribution in [0.5, 0.6) is 0 Å². The largest absolute Gasteiger partial charge is 0.287 e. The minimum absolute atomic E-state index is 0.0416. The van der Waals surface area contributed by atoms with Crippen LogP contribution in [-0.2, 0) is 9.59 Å². The standard InChI is InChI=1S/C8H12O2S2/c9-7(11)5-1-2-6(4-3-5)8(10)12/h5-6H,1-4H2,(H,9,11)(H,10,12). The van der Waals surface area contributed by atoms with Gasteiger partial charge in [0.2, 0.25) is 0 Å². The van der Waals surface area contributed by atoms with E-state index >= 15 is 0 Å². The van der Waals surface area contributed by atoms with E-state index < -0.39 is 0 Å². The van der Waals surface area contributed by atoms with Crippen LogP contribution in [0.4, 0.5) is 0 Å². The molecular weight excluding hydrogens is 192 g/mol. The van der Waals surface area contributed by atoms with Crippen molar-refractivity contribution in [2.24, 2.45) is 11.8 Å². The van der Waals surface area contributed by atoms with Gasteiger partial charge in [-0.2, -0.15) is 0 Å². The molecule has 4 heteroatoms. The number of carbonyl (C=O) groups is 2. The molecule has 0 heterocycles. The zero-order chi connectivity index (χ0) is 9.14. The third kappa shape index (κ3) is 2.52. The lowest BCUT2D eigenvalue weighted by Crippen LogP contribution is -2.21. The first kappa shape index (κ1) is 10.1. The van der Waals surface area contributed by atoms with E-state index in [1.165, 1.54) is 0 Å². The minimum atomic E-state index is -0.0416. The number of carbonyl (C=O) groups excluding carboxylic acids is 2. The summed E-state index contributed by atoms with van der Waals surface area (Å²) in [5, 5.41) is -0.0832.